The molecule has 1 aliphatic heterocycles. The van der Waals surface area contributed by atoms with E-state index in [9.17, 15) is 4.79 Å². The molecule has 1 fully saturated rings. The molecule has 0 atom stereocenters. The van der Waals surface area contributed by atoms with E-state index in [0.29, 0.717) is 0 Å². The fraction of sp³-hybridized carbons (Fsp3) is 0.600. The van der Waals surface area contributed by atoms with Crippen LogP contribution in [0.4, 0.5) is 5.69 Å². The van der Waals surface area contributed by atoms with E-state index >= 15 is 0 Å². The molecule has 5 nitrogen and oxygen atoms in total. The van der Waals surface area contributed by atoms with E-state index in [1.54, 1.807) is 19.0 Å². The van der Waals surface area contributed by atoms with Crippen molar-refractivity contribution in [2.24, 2.45) is 10.9 Å². The zero-order valence-electron chi connectivity index (χ0n) is 15.9. The van der Waals surface area contributed by atoms with E-state index in [2.05, 4.69) is 39.5 Å². The molecule has 0 spiro atoms. The fourth-order valence-electron chi connectivity index (χ4n) is 3.71. The third-order valence-corrected chi connectivity index (χ3v) is 5.28. The van der Waals surface area contributed by atoms with Gasteiger partial charge >= 0.3 is 0 Å². The summed E-state index contributed by atoms with van der Waals surface area (Å²) in [6, 6.07) is 8.48. The van der Waals surface area contributed by atoms with Crippen LogP contribution in [0.3, 0.4) is 0 Å². The summed E-state index contributed by atoms with van der Waals surface area (Å²) >= 11 is 0. The van der Waals surface area contributed by atoms with Crippen LogP contribution in [0.15, 0.2) is 29.3 Å². The SMILES string of the molecule is CN(C)C(=O)CN=C(NCC1CCCCC1)N1CCc2ccccc21.I. The minimum Gasteiger partial charge on any atom is -0.356 e. The number of carbonyl (C=O) groups excluding carboxylic acids is 1. The van der Waals surface area contributed by atoms with Gasteiger partial charge in [-0.3, -0.25) is 4.79 Å². The van der Waals surface area contributed by atoms with Crippen molar-refractivity contribution in [3.05, 3.63) is 29.8 Å². The summed E-state index contributed by atoms with van der Waals surface area (Å²) in [5.74, 6) is 1.61. The second-order valence-corrected chi connectivity index (χ2v) is 7.34. The number of hydrogen-bond donors (Lipinski definition) is 1. The monoisotopic (exact) mass is 470 g/mol. The van der Waals surface area contributed by atoms with Gasteiger partial charge in [0.15, 0.2) is 5.96 Å². The standard InChI is InChI=1S/C20H30N4O.HI/c1-23(2)19(25)15-22-20(21-14-16-8-4-3-5-9-16)24-13-12-17-10-6-7-11-18(17)24;/h6-7,10-11,16H,3-5,8-9,12-15H2,1-2H3,(H,21,22);1H. The summed E-state index contributed by atoms with van der Waals surface area (Å²) in [6.07, 6.45) is 7.67. The summed E-state index contributed by atoms with van der Waals surface area (Å²) in [7, 11) is 3.55. The van der Waals surface area contributed by atoms with Crippen molar-refractivity contribution in [2.75, 3.05) is 38.6 Å². The summed E-state index contributed by atoms with van der Waals surface area (Å²) in [5, 5.41) is 3.57. The number of hydrogen-bond acceptors (Lipinski definition) is 2. The molecule has 2 aliphatic rings. The molecule has 0 unspecified atom stereocenters. The number of likely N-dealkylation sites (N-methyl/N-ethyl adjacent to an activating group) is 1. The molecule has 144 valence electrons. The largest absolute Gasteiger partial charge is 0.356 e. The fourth-order valence-corrected chi connectivity index (χ4v) is 3.71. The zero-order valence-corrected chi connectivity index (χ0v) is 18.2. The van der Waals surface area contributed by atoms with Gasteiger partial charge in [0, 0.05) is 32.9 Å². The van der Waals surface area contributed by atoms with Crippen LogP contribution in [0, 0.1) is 5.92 Å². The number of guanidine groups is 1. The van der Waals surface area contributed by atoms with E-state index in [0.717, 1.165) is 31.4 Å². The first-order valence-electron chi connectivity index (χ1n) is 9.49. The lowest BCUT2D eigenvalue weighted by Crippen LogP contribution is -2.43. The Morgan fingerprint density at radius 2 is 1.96 bits per heavy atom. The van der Waals surface area contributed by atoms with Gasteiger partial charge in [0.25, 0.3) is 0 Å². The molecule has 1 saturated carbocycles. The van der Waals surface area contributed by atoms with Crippen molar-refractivity contribution < 1.29 is 4.79 Å². The number of benzene rings is 1. The van der Waals surface area contributed by atoms with Crippen molar-refractivity contribution in [1.29, 1.82) is 0 Å². The van der Waals surface area contributed by atoms with Crippen molar-refractivity contribution >= 4 is 41.5 Å². The van der Waals surface area contributed by atoms with Crippen LogP contribution in [0.2, 0.25) is 0 Å². The number of fused-ring (bicyclic) bond motifs is 1. The molecule has 0 radical (unpaired) electrons. The quantitative estimate of drug-likeness (QED) is 0.418. The van der Waals surface area contributed by atoms with Gasteiger partial charge in [0.1, 0.15) is 6.54 Å². The molecule has 1 aromatic rings. The van der Waals surface area contributed by atoms with Gasteiger partial charge in [-0.15, -0.1) is 24.0 Å². The van der Waals surface area contributed by atoms with Crippen molar-refractivity contribution in [3.63, 3.8) is 0 Å². The van der Waals surface area contributed by atoms with Crippen molar-refractivity contribution in [3.8, 4) is 0 Å². The van der Waals surface area contributed by atoms with E-state index in [4.69, 9.17) is 0 Å². The van der Waals surface area contributed by atoms with Crippen LogP contribution in [0.5, 0.6) is 0 Å². The Kier molecular flexibility index (Phi) is 8.18. The molecule has 0 aromatic heterocycles. The summed E-state index contributed by atoms with van der Waals surface area (Å²) in [6.45, 7) is 2.07. The van der Waals surface area contributed by atoms with Crippen molar-refractivity contribution in [1.82, 2.24) is 10.2 Å². The average molecular weight is 470 g/mol. The molecule has 1 aliphatic carbocycles. The highest BCUT2D eigenvalue weighted by Crippen LogP contribution is 2.28. The van der Waals surface area contributed by atoms with Gasteiger partial charge < -0.3 is 15.1 Å². The van der Waals surface area contributed by atoms with E-state index in [1.165, 1.54) is 43.4 Å². The number of para-hydroxylation sites is 1. The van der Waals surface area contributed by atoms with Gasteiger partial charge in [-0.25, -0.2) is 4.99 Å². The summed E-state index contributed by atoms with van der Waals surface area (Å²) in [5.41, 5.74) is 2.57. The molecular formula is C20H31IN4O. The Morgan fingerprint density at radius 1 is 1.23 bits per heavy atom. The lowest BCUT2D eigenvalue weighted by molar-refractivity contribution is -0.127. The second-order valence-electron chi connectivity index (χ2n) is 7.34. The molecule has 26 heavy (non-hydrogen) atoms. The topological polar surface area (TPSA) is 47.9 Å². The predicted octanol–water partition coefficient (Wildman–Crippen LogP) is 3.28. The highest BCUT2D eigenvalue weighted by atomic mass is 127. The van der Waals surface area contributed by atoms with E-state index in [-0.39, 0.29) is 36.4 Å². The third-order valence-electron chi connectivity index (χ3n) is 5.28. The molecule has 1 amide bonds. The van der Waals surface area contributed by atoms with E-state index < -0.39 is 0 Å². The molecule has 1 aromatic carbocycles. The molecule has 1 heterocycles. The second kappa shape index (κ2) is 10.1. The number of aliphatic imine (C=N–C) groups is 1. The number of nitrogens with zero attached hydrogens (tertiary/aromatic N) is 3. The van der Waals surface area contributed by atoms with Gasteiger partial charge in [-0.05, 0) is 36.8 Å². The maximum atomic E-state index is 12.0. The predicted molar refractivity (Wildman–Crippen MR) is 118 cm³/mol. The van der Waals surface area contributed by atoms with Crippen LogP contribution in [-0.2, 0) is 11.2 Å². The first-order valence-corrected chi connectivity index (χ1v) is 9.49. The molecular weight excluding hydrogens is 439 g/mol. The van der Waals surface area contributed by atoms with Crippen molar-refractivity contribution in [2.45, 2.75) is 38.5 Å². The van der Waals surface area contributed by atoms with Gasteiger partial charge in [-0.1, -0.05) is 37.5 Å². The van der Waals surface area contributed by atoms with Crippen LogP contribution < -0.4 is 10.2 Å². The Morgan fingerprint density at radius 3 is 2.69 bits per heavy atom. The normalized spacial score (nSPS) is 17.5. The van der Waals surface area contributed by atoms with Crippen LogP contribution in [-0.4, -0.2) is 50.5 Å². The minimum atomic E-state index is 0. The van der Waals surface area contributed by atoms with Gasteiger partial charge in [-0.2, -0.15) is 0 Å². The van der Waals surface area contributed by atoms with Gasteiger partial charge in [0.05, 0.1) is 0 Å². The van der Waals surface area contributed by atoms with Crippen LogP contribution in [0.1, 0.15) is 37.7 Å². The molecule has 6 heteroatoms. The zero-order chi connectivity index (χ0) is 17.6. The maximum absolute atomic E-state index is 12.0. The summed E-state index contributed by atoms with van der Waals surface area (Å²) < 4.78 is 0. The number of halogens is 1. The van der Waals surface area contributed by atoms with Gasteiger partial charge in [0.2, 0.25) is 5.91 Å². The minimum absolute atomic E-state index is 0. The molecule has 0 bridgehead atoms. The Labute approximate surface area is 174 Å². The maximum Gasteiger partial charge on any atom is 0.243 e. The Bertz CT molecular complexity index is 626. The first kappa shape index (κ1) is 21.0. The lowest BCUT2D eigenvalue weighted by atomic mass is 9.89. The highest BCUT2D eigenvalue weighted by Gasteiger charge is 2.24. The van der Waals surface area contributed by atoms with Crippen LogP contribution >= 0.6 is 24.0 Å². The Balaban J connectivity index is 0.00000243. The first-order chi connectivity index (χ1) is 12.1. The highest BCUT2D eigenvalue weighted by molar-refractivity contribution is 14.0. The molecule has 0 saturated heterocycles. The summed E-state index contributed by atoms with van der Waals surface area (Å²) in [4.78, 5) is 20.5. The molecule has 1 N–H and O–H groups in total. The van der Waals surface area contributed by atoms with E-state index in [1.807, 2.05) is 0 Å². The number of carbonyl (C=O) groups is 1. The number of nitrogens with one attached hydrogen (secondary N) is 1. The smallest absolute Gasteiger partial charge is 0.243 e. The lowest BCUT2D eigenvalue weighted by Gasteiger charge is -2.27. The third kappa shape index (κ3) is 5.34. The number of rotatable bonds is 4. The van der Waals surface area contributed by atoms with Crippen LogP contribution in [0.25, 0.3) is 0 Å². The number of anilines is 1. The average Bonchev–Trinajstić information content (AvgIpc) is 3.06. The molecule has 3 rings (SSSR count). The number of amides is 1. The Hall–Kier alpha value is -1.31.